The van der Waals surface area contributed by atoms with Crippen LogP contribution in [-0.4, -0.2) is 28.8 Å². The fourth-order valence-electron chi connectivity index (χ4n) is 2.63. The third-order valence-electron chi connectivity index (χ3n) is 4.16. The topological polar surface area (TPSA) is 107 Å². The van der Waals surface area contributed by atoms with Crippen molar-refractivity contribution >= 4 is 34.0 Å². The summed E-state index contributed by atoms with van der Waals surface area (Å²) < 4.78 is 5.20. The molecule has 0 spiro atoms. The van der Waals surface area contributed by atoms with Gasteiger partial charge in [-0.3, -0.25) is 9.59 Å². The van der Waals surface area contributed by atoms with Gasteiger partial charge in [-0.05, 0) is 42.0 Å². The third kappa shape index (κ3) is 4.60. The standard InChI is InChI=1S/C21H22N4O3S/c1-21(2,3)18(26)19(27)24-15-11-13(9-10-23-15)17-16(25-20(22)29-17)12-5-7-14(28-4)8-6-12/h5-11H,1-4H3,(H2,22,25)(H,23,24,27). The minimum Gasteiger partial charge on any atom is -0.497 e. The number of benzene rings is 1. The molecule has 3 aromatic rings. The summed E-state index contributed by atoms with van der Waals surface area (Å²) in [5.74, 6) is -0.166. The van der Waals surface area contributed by atoms with Gasteiger partial charge in [0, 0.05) is 17.2 Å². The molecular weight excluding hydrogens is 388 g/mol. The van der Waals surface area contributed by atoms with Crippen molar-refractivity contribution in [1.29, 1.82) is 0 Å². The molecule has 1 amide bonds. The summed E-state index contributed by atoms with van der Waals surface area (Å²) in [6.07, 6.45) is 1.57. The molecule has 2 aromatic heterocycles. The highest BCUT2D eigenvalue weighted by Crippen LogP contribution is 2.38. The number of anilines is 2. The highest BCUT2D eigenvalue weighted by atomic mass is 32.1. The lowest BCUT2D eigenvalue weighted by Crippen LogP contribution is -2.33. The second-order valence-corrected chi connectivity index (χ2v) is 8.45. The number of nitrogens with zero attached hydrogens (tertiary/aromatic N) is 2. The van der Waals surface area contributed by atoms with Crippen LogP contribution in [0.3, 0.4) is 0 Å². The van der Waals surface area contributed by atoms with Crippen molar-refractivity contribution in [1.82, 2.24) is 9.97 Å². The normalized spacial score (nSPS) is 11.2. The van der Waals surface area contributed by atoms with Crippen LogP contribution in [0.5, 0.6) is 5.75 Å². The maximum Gasteiger partial charge on any atom is 0.293 e. The number of pyridine rings is 1. The monoisotopic (exact) mass is 410 g/mol. The third-order valence-corrected chi connectivity index (χ3v) is 5.09. The molecule has 1 aromatic carbocycles. The fourth-order valence-corrected chi connectivity index (χ4v) is 3.48. The van der Waals surface area contributed by atoms with Crippen LogP contribution in [0.2, 0.25) is 0 Å². The number of amides is 1. The molecule has 150 valence electrons. The Morgan fingerprint density at radius 2 is 1.79 bits per heavy atom. The Balaban J connectivity index is 1.93. The Morgan fingerprint density at radius 1 is 1.10 bits per heavy atom. The van der Waals surface area contributed by atoms with E-state index in [4.69, 9.17) is 10.5 Å². The molecule has 3 N–H and O–H groups in total. The van der Waals surface area contributed by atoms with Gasteiger partial charge in [0.25, 0.3) is 5.91 Å². The van der Waals surface area contributed by atoms with Gasteiger partial charge in [0.1, 0.15) is 11.6 Å². The van der Waals surface area contributed by atoms with Gasteiger partial charge in [0.05, 0.1) is 17.7 Å². The van der Waals surface area contributed by atoms with Crippen LogP contribution in [0.4, 0.5) is 10.9 Å². The summed E-state index contributed by atoms with van der Waals surface area (Å²) in [7, 11) is 1.61. The zero-order valence-corrected chi connectivity index (χ0v) is 17.5. The van der Waals surface area contributed by atoms with Gasteiger partial charge in [-0.25, -0.2) is 9.97 Å². The first-order chi connectivity index (χ1) is 13.7. The average molecular weight is 410 g/mol. The average Bonchev–Trinajstić information content (AvgIpc) is 3.08. The molecule has 0 unspecified atom stereocenters. The highest BCUT2D eigenvalue weighted by Gasteiger charge is 2.28. The molecule has 0 aliphatic heterocycles. The summed E-state index contributed by atoms with van der Waals surface area (Å²) in [6.45, 7) is 5.08. The Hall–Kier alpha value is -3.26. The number of nitrogens with one attached hydrogen (secondary N) is 1. The van der Waals surface area contributed by atoms with Gasteiger partial charge in [0.2, 0.25) is 5.78 Å². The number of aromatic nitrogens is 2. The van der Waals surface area contributed by atoms with E-state index in [2.05, 4.69) is 15.3 Å². The first-order valence-electron chi connectivity index (χ1n) is 8.92. The van der Waals surface area contributed by atoms with Crippen molar-refractivity contribution in [3.8, 4) is 27.4 Å². The number of carbonyl (C=O) groups excluding carboxylic acids is 2. The number of rotatable bonds is 5. The molecule has 0 saturated heterocycles. The minimum absolute atomic E-state index is 0.290. The maximum absolute atomic E-state index is 12.2. The van der Waals surface area contributed by atoms with Crippen molar-refractivity contribution in [2.45, 2.75) is 20.8 Å². The quantitative estimate of drug-likeness (QED) is 0.615. The molecular formula is C21H22N4O3S. The molecule has 0 fully saturated rings. The lowest BCUT2D eigenvalue weighted by Gasteiger charge is -2.15. The number of Topliss-reactive ketones (excluding diaryl/α,β-unsaturated/α-hetero) is 1. The smallest absolute Gasteiger partial charge is 0.293 e. The van der Waals surface area contributed by atoms with Crippen molar-refractivity contribution in [2.75, 3.05) is 18.2 Å². The van der Waals surface area contributed by atoms with Gasteiger partial charge in [-0.2, -0.15) is 0 Å². The fraction of sp³-hybridized carbons (Fsp3) is 0.238. The lowest BCUT2D eigenvalue weighted by atomic mass is 9.90. The SMILES string of the molecule is COc1ccc(-c2nc(N)sc2-c2ccnc(NC(=O)C(=O)C(C)(C)C)c2)cc1. The summed E-state index contributed by atoms with van der Waals surface area (Å²) in [5, 5.41) is 3.00. The van der Waals surface area contributed by atoms with E-state index in [1.165, 1.54) is 11.3 Å². The second-order valence-electron chi connectivity index (χ2n) is 7.42. The maximum atomic E-state index is 12.2. The first-order valence-corrected chi connectivity index (χ1v) is 9.73. The van der Waals surface area contributed by atoms with Gasteiger partial charge in [-0.1, -0.05) is 32.1 Å². The van der Waals surface area contributed by atoms with Gasteiger partial charge in [0.15, 0.2) is 5.13 Å². The Labute approximate surface area is 173 Å². The number of methoxy groups -OCH3 is 1. The Bertz CT molecular complexity index is 1050. The number of nitrogen functional groups attached to an aromatic ring is 1. The number of hydrogen-bond donors (Lipinski definition) is 2. The van der Waals surface area contributed by atoms with E-state index in [-0.39, 0.29) is 5.82 Å². The number of hydrogen-bond acceptors (Lipinski definition) is 7. The molecule has 8 heteroatoms. The molecule has 0 atom stereocenters. The van der Waals surface area contributed by atoms with Crippen molar-refractivity contribution in [2.24, 2.45) is 5.41 Å². The summed E-state index contributed by atoms with van der Waals surface area (Å²) in [5.41, 5.74) is 7.61. The van der Waals surface area contributed by atoms with Crippen LogP contribution in [0, 0.1) is 5.41 Å². The minimum atomic E-state index is -0.768. The van der Waals surface area contributed by atoms with Gasteiger partial charge in [-0.15, -0.1) is 0 Å². The Kier molecular flexibility index (Phi) is 5.65. The number of thiazole rings is 1. The molecule has 0 bridgehead atoms. The van der Waals surface area contributed by atoms with E-state index >= 15 is 0 Å². The summed E-state index contributed by atoms with van der Waals surface area (Å²) >= 11 is 1.34. The predicted octanol–water partition coefficient (Wildman–Crippen LogP) is 4.02. The number of nitrogens with two attached hydrogens (primary N) is 1. The van der Waals surface area contributed by atoms with Gasteiger partial charge >= 0.3 is 0 Å². The van der Waals surface area contributed by atoms with E-state index in [0.717, 1.165) is 27.4 Å². The summed E-state index contributed by atoms with van der Waals surface area (Å²) in [4.78, 5) is 33.8. The van der Waals surface area contributed by atoms with E-state index in [1.54, 1.807) is 46.2 Å². The first kappa shape index (κ1) is 20.5. The second kappa shape index (κ2) is 8.00. The summed E-state index contributed by atoms with van der Waals surface area (Å²) in [6, 6.07) is 11.0. The van der Waals surface area contributed by atoms with Crippen LogP contribution >= 0.6 is 11.3 Å². The van der Waals surface area contributed by atoms with E-state index in [0.29, 0.717) is 5.13 Å². The van der Waals surface area contributed by atoms with Gasteiger partial charge < -0.3 is 15.8 Å². The highest BCUT2D eigenvalue weighted by molar-refractivity contribution is 7.19. The van der Waals surface area contributed by atoms with Crippen LogP contribution in [-0.2, 0) is 9.59 Å². The van der Waals surface area contributed by atoms with E-state index < -0.39 is 17.1 Å². The van der Waals surface area contributed by atoms with Crippen molar-refractivity contribution in [3.63, 3.8) is 0 Å². The molecule has 2 heterocycles. The predicted molar refractivity (Wildman–Crippen MR) is 115 cm³/mol. The number of ether oxygens (including phenoxy) is 1. The van der Waals surface area contributed by atoms with E-state index in [1.807, 2.05) is 24.3 Å². The molecule has 0 aliphatic rings. The molecule has 0 saturated carbocycles. The van der Waals surface area contributed by atoms with Crippen LogP contribution < -0.4 is 15.8 Å². The van der Waals surface area contributed by atoms with Crippen molar-refractivity contribution < 1.29 is 14.3 Å². The largest absolute Gasteiger partial charge is 0.497 e. The molecule has 29 heavy (non-hydrogen) atoms. The number of carbonyl (C=O) groups is 2. The van der Waals surface area contributed by atoms with Crippen LogP contribution in [0.1, 0.15) is 20.8 Å². The zero-order chi connectivity index (χ0) is 21.2. The zero-order valence-electron chi connectivity index (χ0n) is 16.6. The van der Waals surface area contributed by atoms with Crippen molar-refractivity contribution in [3.05, 3.63) is 42.6 Å². The Morgan fingerprint density at radius 3 is 2.41 bits per heavy atom. The molecule has 0 radical (unpaired) electrons. The lowest BCUT2D eigenvalue weighted by molar-refractivity contribution is -0.139. The molecule has 0 aliphatic carbocycles. The molecule has 7 nitrogen and oxygen atoms in total. The van der Waals surface area contributed by atoms with Crippen LogP contribution in [0.15, 0.2) is 42.6 Å². The number of ketones is 1. The van der Waals surface area contributed by atoms with Crippen LogP contribution in [0.25, 0.3) is 21.7 Å². The van der Waals surface area contributed by atoms with E-state index in [9.17, 15) is 9.59 Å². The molecule has 3 rings (SSSR count).